The second kappa shape index (κ2) is 4.20. The van der Waals surface area contributed by atoms with Gasteiger partial charge in [0.2, 0.25) is 0 Å². The summed E-state index contributed by atoms with van der Waals surface area (Å²) in [6, 6.07) is 9.75. The highest BCUT2D eigenvalue weighted by Crippen LogP contribution is 2.23. The number of hydrogen-bond acceptors (Lipinski definition) is 2. The molecule has 2 aromatic rings. The van der Waals surface area contributed by atoms with Crippen molar-refractivity contribution in [2.75, 3.05) is 6.54 Å². The maximum absolute atomic E-state index is 5.67. The Hall–Kier alpha value is -1.72. The number of terminal acetylenes is 1. The first-order valence-corrected chi connectivity index (χ1v) is 5.03. The van der Waals surface area contributed by atoms with Crippen molar-refractivity contribution in [2.45, 2.75) is 13.0 Å². The molecule has 1 N–H and O–H groups in total. The van der Waals surface area contributed by atoms with Gasteiger partial charge in [0.05, 0.1) is 0 Å². The molecule has 0 radical (unpaired) electrons. The van der Waals surface area contributed by atoms with Gasteiger partial charge in [-0.15, -0.1) is 6.42 Å². The number of nitrogens with one attached hydrogen (secondary N) is 1. The van der Waals surface area contributed by atoms with Crippen LogP contribution in [0.25, 0.3) is 11.0 Å². The van der Waals surface area contributed by atoms with Gasteiger partial charge in [-0.3, -0.25) is 5.32 Å². The first-order valence-electron chi connectivity index (χ1n) is 5.03. The lowest BCUT2D eigenvalue weighted by atomic mass is 10.2. The predicted octanol–water partition coefficient (Wildman–Crippen LogP) is 2.72. The van der Waals surface area contributed by atoms with Crippen molar-refractivity contribution in [1.29, 1.82) is 0 Å². The highest BCUT2D eigenvalue weighted by molar-refractivity contribution is 5.77. The fourth-order valence-corrected chi connectivity index (χ4v) is 1.59. The van der Waals surface area contributed by atoms with Gasteiger partial charge < -0.3 is 4.42 Å². The Morgan fingerprint density at radius 2 is 2.27 bits per heavy atom. The minimum Gasteiger partial charge on any atom is -0.458 e. The van der Waals surface area contributed by atoms with E-state index in [1.54, 1.807) is 0 Å². The second-order valence-corrected chi connectivity index (χ2v) is 3.34. The molecule has 0 bridgehead atoms. The van der Waals surface area contributed by atoms with Crippen LogP contribution >= 0.6 is 0 Å². The molecule has 1 aromatic heterocycles. The van der Waals surface area contributed by atoms with Crippen LogP contribution in [0.2, 0.25) is 0 Å². The molecule has 0 spiro atoms. The molecule has 2 heteroatoms. The molecule has 0 aliphatic rings. The Morgan fingerprint density at radius 3 is 2.93 bits per heavy atom. The highest BCUT2D eigenvalue weighted by Gasteiger charge is 2.11. The zero-order valence-corrected chi connectivity index (χ0v) is 8.66. The van der Waals surface area contributed by atoms with E-state index < -0.39 is 0 Å². The van der Waals surface area contributed by atoms with Crippen molar-refractivity contribution in [3.63, 3.8) is 0 Å². The standard InChI is InChI=1S/C13H13NO/c1-3-11(14-4-2)13-9-10-7-5-6-8-12(10)15-13/h1,5-9,11,14H,4H2,2H3. The van der Waals surface area contributed by atoms with Crippen LogP contribution in [0.3, 0.4) is 0 Å². The fraction of sp³-hybridized carbons (Fsp3) is 0.231. The van der Waals surface area contributed by atoms with E-state index in [1.165, 1.54) is 0 Å². The van der Waals surface area contributed by atoms with Crippen LogP contribution in [0.1, 0.15) is 18.7 Å². The molecule has 1 aromatic carbocycles. The van der Waals surface area contributed by atoms with Crippen molar-refractivity contribution in [1.82, 2.24) is 5.32 Å². The zero-order chi connectivity index (χ0) is 10.7. The Bertz CT molecular complexity index is 459. The van der Waals surface area contributed by atoms with E-state index in [4.69, 9.17) is 10.8 Å². The molecule has 0 aliphatic carbocycles. The lowest BCUT2D eigenvalue weighted by Crippen LogP contribution is -2.18. The van der Waals surface area contributed by atoms with E-state index in [0.29, 0.717) is 0 Å². The Kier molecular flexibility index (Phi) is 2.75. The highest BCUT2D eigenvalue weighted by atomic mass is 16.3. The van der Waals surface area contributed by atoms with Gasteiger partial charge in [-0.25, -0.2) is 0 Å². The van der Waals surface area contributed by atoms with E-state index in [9.17, 15) is 0 Å². The average Bonchev–Trinajstić information content (AvgIpc) is 2.69. The molecule has 2 nitrogen and oxygen atoms in total. The number of fused-ring (bicyclic) bond motifs is 1. The molecule has 0 amide bonds. The van der Waals surface area contributed by atoms with Crippen molar-refractivity contribution in [2.24, 2.45) is 0 Å². The van der Waals surface area contributed by atoms with Gasteiger partial charge in [0.1, 0.15) is 17.4 Å². The van der Waals surface area contributed by atoms with E-state index >= 15 is 0 Å². The van der Waals surface area contributed by atoms with Crippen molar-refractivity contribution < 1.29 is 4.42 Å². The maximum Gasteiger partial charge on any atom is 0.134 e. The Labute approximate surface area is 89.3 Å². The third kappa shape index (κ3) is 1.88. The van der Waals surface area contributed by atoms with Crippen LogP contribution in [0.4, 0.5) is 0 Å². The summed E-state index contributed by atoms with van der Waals surface area (Å²) in [4.78, 5) is 0. The molecular formula is C13H13NO. The Morgan fingerprint density at radius 1 is 1.47 bits per heavy atom. The third-order valence-electron chi connectivity index (χ3n) is 2.30. The summed E-state index contributed by atoms with van der Waals surface area (Å²) in [6.07, 6.45) is 5.44. The van der Waals surface area contributed by atoms with Crippen LogP contribution in [0.15, 0.2) is 34.7 Å². The summed E-state index contributed by atoms with van der Waals surface area (Å²) in [5.41, 5.74) is 0.880. The molecule has 0 saturated carbocycles. The normalized spacial score (nSPS) is 12.5. The molecule has 15 heavy (non-hydrogen) atoms. The summed E-state index contributed by atoms with van der Waals surface area (Å²) >= 11 is 0. The van der Waals surface area contributed by atoms with Gasteiger partial charge in [-0.2, -0.15) is 0 Å². The van der Waals surface area contributed by atoms with Crippen molar-refractivity contribution in [3.05, 3.63) is 36.1 Å². The molecule has 1 atom stereocenters. The zero-order valence-electron chi connectivity index (χ0n) is 8.66. The SMILES string of the molecule is C#CC(NCC)c1cc2ccccc2o1. The number of furan rings is 1. The van der Waals surface area contributed by atoms with Gasteiger partial charge in [0.25, 0.3) is 0 Å². The van der Waals surface area contributed by atoms with Crippen LogP contribution in [-0.2, 0) is 0 Å². The summed E-state index contributed by atoms with van der Waals surface area (Å²) in [5.74, 6) is 3.48. The summed E-state index contributed by atoms with van der Waals surface area (Å²) in [7, 11) is 0. The summed E-state index contributed by atoms with van der Waals surface area (Å²) in [5, 5.41) is 4.27. The summed E-state index contributed by atoms with van der Waals surface area (Å²) < 4.78 is 5.67. The third-order valence-corrected chi connectivity index (χ3v) is 2.30. The van der Waals surface area contributed by atoms with E-state index in [-0.39, 0.29) is 6.04 Å². The van der Waals surface area contributed by atoms with Gasteiger partial charge in [-0.05, 0) is 18.7 Å². The molecule has 0 fully saturated rings. The first kappa shape index (κ1) is 9.82. The monoisotopic (exact) mass is 199 g/mol. The van der Waals surface area contributed by atoms with Gasteiger partial charge in [0, 0.05) is 5.39 Å². The minimum absolute atomic E-state index is 0.137. The van der Waals surface area contributed by atoms with Crippen LogP contribution < -0.4 is 5.32 Å². The lowest BCUT2D eigenvalue weighted by molar-refractivity contribution is 0.492. The van der Waals surface area contributed by atoms with Crippen molar-refractivity contribution in [3.8, 4) is 12.3 Å². The van der Waals surface area contributed by atoms with Gasteiger partial charge in [-0.1, -0.05) is 31.0 Å². The van der Waals surface area contributed by atoms with Gasteiger partial charge >= 0.3 is 0 Å². The van der Waals surface area contributed by atoms with Gasteiger partial charge in [0.15, 0.2) is 0 Å². The lowest BCUT2D eigenvalue weighted by Gasteiger charge is -2.06. The van der Waals surface area contributed by atoms with E-state index in [1.807, 2.05) is 37.3 Å². The van der Waals surface area contributed by atoms with Crippen LogP contribution in [0.5, 0.6) is 0 Å². The fourth-order valence-electron chi connectivity index (χ4n) is 1.59. The molecule has 1 heterocycles. The average molecular weight is 199 g/mol. The van der Waals surface area contributed by atoms with Crippen LogP contribution in [-0.4, -0.2) is 6.54 Å². The number of benzene rings is 1. The molecule has 1 unspecified atom stereocenters. The first-order chi connectivity index (χ1) is 7.35. The molecule has 76 valence electrons. The predicted molar refractivity (Wildman–Crippen MR) is 61.5 cm³/mol. The molecule has 0 saturated heterocycles. The summed E-state index contributed by atoms with van der Waals surface area (Å²) in [6.45, 7) is 2.85. The number of rotatable bonds is 3. The van der Waals surface area contributed by atoms with Crippen molar-refractivity contribution >= 4 is 11.0 Å². The molecule has 2 rings (SSSR count). The topological polar surface area (TPSA) is 25.2 Å². The smallest absolute Gasteiger partial charge is 0.134 e. The van der Waals surface area contributed by atoms with E-state index in [2.05, 4.69) is 11.2 Å². The minimum atomic E-state index is -0.137. The largest absolute Gasteiger partial charge is 0.458 e. The van der Waals surface area contributed by atoms with E-state index in [0.717, 1.165) is 23.3 Å². The second-order valence-electron chi connectivity index (χ2n) is 3.34. The number of para-hydroxylation sites is 1. The quantitative estimate of drug-likeness (QED) is 0.769. The molecular weight excluding hydrogens is 186 g/mol. The Balaban J connectivity index is 2.39. The number of hydrogen-bond donors (Lipinski definition) is 1. The maximum atomic E-state index is 5.67. The van der Waals surface area contributed by atoms with Crippen LogP contribution in [0, 0.1) is 12.3 Å². The molecule has 0 aliphatic heterocycles.